The Hall–Kier alpha value is 0.0169. The third-order valence-electron chi connectivity index (χ3n) is 2.38. The van der Waals surface area contributed by atoms with Crippen LogP contribution in [0.5, 0.6) is 0 Å². The van der Waals surface area contributed by atoms with Gasteiger partial charge >= 0.3 is 8.80 Å². The molecule has 0 aliphatic rings. The van der Waals surface area contributed by atoms with Gasteiger partial charge < -0.3 is 18.0 Å². The second-order valence-corrected chi connectivity index (χ2v) is 7.20. The van der Waals surface area contributed by atoms with Crippen LogP contribution in [0, 0.1) is 5.92 Å². The number of rotatable bonds is 11. The Morgan fingerprint density at radius 2 is 1.76 bits per heavy atom. The molecule has 0 atom stereocenters. The van der Waals surface area contributed by atoms with Gasteiger partial charge in [-0.2, -0.15) is 0 Å². The molecule has 0 saturated heterocycles. The molecule has 0 aromatic carbocycles. The zero-order valence-electron chi connectivity index (χ0n) is 11.7. The van der Waals surface area contributed by atoms with Crippen molar-refractivity contribution in [1.82, 2.24) is 5.32 Å². The smallest absolute Gasteiger partial charge is 0.385 e. The lowest BCUT2D eigenvalue weighted by Gasteiger charge is -2.27. The SMILES string of the molecule is COCCCNCO[Si](CC(C)C)(OC)OC. The Kier molecular flexibility index (Phi) is 10.00. The summed E-state index contributed by atoms with van der Waals surface area (Å²) >= 11 is 0. The average Bonchev–Trinajstić information content (AvgIpc) is 2.31. The minimum Gasteiger partial charge on any atom is -0.385 e. The third-order valence-corrected chi connectivity index (χ3v) is 5.52. The molecule has 0 fully saturated rings. The predicted molar refractivity (Wildman–Crippen MR) is 69.9 cm³/mol. The number of ether oxygens (including phenoxy) is 1. The van der Waals surface area contributed by atoms with E-state index < -0.39 is 8.80 Å². The lowest BCUT2D eigenvalue weighted by molar-refractivity contribution is 0.0859. The van der Waals surface area contributed by atoms with Gasteiger partial charge in [0.1, 0.15) is 0 Å². The van der Waals surface area contributed by atoms with Crippen LogP contribution < -0.4 is 5.32 Å². The third kappa shape index (κ3) is 7.85. The van der Waals surface area contributed by atoms with E-state index in [1.807, 2.05) is 0 Å². The number of nitrogens with one attached hydrogen (secondary N) is 1. The molecule has 0 aliphatic carbocycles. The molecule has 0 aliphatic heterocycles. The second-order valence-electron chi connectivity index (χ2n) is 4.32. The lowest BCUT2D eigenvalue weighted by atomic mass is 10.3. The fourth-order valence-corrected chi connectivity index (χ4v) is 3.68. The summed E-state index contributed by atoms with van der Waals surface area (Å²) < 4.78 is 21.6. The maximum atomic E-state index is 5.76. The van der Waals surface area contributed by atoms with Crippen LogP contribution in [0.2, 0.25) is 6.04 Å². The summed E-state index contributed by atoms with van der Waals surface area (Å²) in [5.41, 5.74) is 0. The van der Waals surface area contributed by atoms with Gasteiger partial charge in [-0.25, -0.2) is 0 Å². The van der Waals surface area contributed by atoms with Gasteiger partial charge in [-0.1, -0.05) is 13.8 Å². The topological polar surface area (TPSA) is 49.0 Å². The largest absolute Gasteiger partial charge is 0.501 e. The molecule has 17 heavy (non-hydrogen) atoms. The van der Waals surface area contributed by atoms with Crippen LogP contribution in [0.15, 0.2) is 0 Å². The van der Waals surface area contributed by atoms with E-state index in [1.54, 1.807) is 21.3 Å². The molecule has 0 rings (SSSR count). The molecule has 5 nitrogen and oxygen atoms in total. The monoisotopic (exact) mass is 265 g/mol. The van der Waals surface area contributed by atoms with Crippen molar-refractivity contribution in [2.24, 2.45) is 5.92 Å². The quantitative estimate of drug-likeness (QED) is 0.348. The first-order valence-corrected chi connectivity index (χ1v) is 7.97. The Labute approximate surface area is 106 Å². The molecule has 0 unspecified atom stereocenters. The zero-order chi connectivity index (χ0) is 13.1. The van der Waals surface area contributed by atoms with Crippen molar-refractivity contribution in [2.75, 3.05) is 41.2 Å². The summed E-state index contributed by atoms with van der Waals surface area (Å²) in [6, 6.07) is 0.833. The van der Waals surface area contributed by atoms with Crippen LogP contribution in [-0.2, 0) is 18.0 Å². The van der Waals surface area contributed by atoms with Crippen molar-refractivity contribution in [1.29, 1.82) is 0 Å². The first-order valence-electron chi connectivity index (χ1n) is 6.04. The highest BCUT2D eigenvalue weighted by molar-refractivity contribution is 6.60. The maximum Gasteiger partial charge on any atom is 0.501 e. The summed E-state index contributed by atoms with van der Waals surface area (Å²) in [7, 11) is 2.54. The van der Waals surface area contributed by atoms with Gasteiger partial charge in [0.2, 0.25) is 0 Å². The number of hydrogen-bond acceptors (Lipinski definition) is 5. The van der Waals surface area contributed by atoms with Crippen molar-refractivity contribution < 1.29 is 18.0 Å². The normalized spacial score (nSPS) is 12.4. The van der Waals surface area contributed by atoms with Crippen molar-refractivity contribution in [3.63, 3.8) is 0 Å². The van der Waals surface area contributed by atoms with Crippen molar-refractivity contribution in [3.05, 3.63) is 0 Å². The van der Waals surface area contributed by atoms with Crippen LogP contribution in [0.25, 0.3) is 0 Å². The molecular weight excluding hydrogens is 238 g/mol. The Balaban J connectivity index is 3.84. The highest BCUT2D eigenvalue weighted by Gasteiger charge is 2.39. The minimum atomic E-state index is -2.47. The molecule has 1 N–H and O–H groups in total. The van der Waals surface area contributed by atoms with Crippen molar-refractivity contribution in [3.8, 4) is 0 Å². The highest BCUT2D eigenvalue weighted by Crippen LogP contribution is 2.19. The molecule has 0 spiro atoms. The molecule has 0 amide bonds. The van der Waals surface area contributed by atoms with E-state index in [0.29, 0.717) is 12.6 Å². The summed E-state index contributed by atoms with van der Waals surface area (Å²) in [6.07, 6.45) is 0.971. The number of methoxy groups -OCH3 is 1. The molecule has 0 heterocycles. The Bertz CT molecular complexity index is 177. The van der Waals surface area contributed by atoms with Gasteiger partial charge in [0.05, 0.1) is 6.73 Å². The summed E-state index contributed by atoms with van der Waals surface area (Å²) in [6.45, 7) is 6.36. The number of hydrogen-bond donors (Lipinski definition) is 1. The lowest BCUT2D eigenvalue weighted by Crippen LogP contribution is -2.47. The molecule has 0 aromatic rings. The molecule has 104 valence electrons. The average molecular weight is 265 g/mol. The standard InChI is InChI=1S/C11H27NO4Si/c1-11(2)9-17(14-4,15-5)16-10-12-7-6-8-13-3/h11-12H,6-10H2,1-5H3. The first kappa shape index (κ1) is 17.0. The van der Waals surface area contributed by atoms with E-state index in [4.69, 9.17) is 18.0 Å². The van der Waals surface area contributed by atoms with Gasteiger partial charge in [0.25, 0.3) is 0 Å². The highest BCUT2D eigenvalue weighted by atomic mass is 28.4. The van der Waals surface area contributed by atoms with Crippen molar-refractivity contribution >= 4 is 8.80 Å². The van der Waals surface area contributed by atoms with Crippen LogP contribution in [0.3, 0.4) is 0 Å². The minimum absolute atomic E-state index is 0.463. The molecule has 0 radical (unpaired) electrons. The summed E-state index contributed by atoms with van der Waals surface area (Å²) in [5.74, 6) is 0.495. The van der Waals surface area contributed by atoms with E-state index in [1.165, 1.54) is 0 Å². The van der Waals surface area contributed by atoms with Crippen LogP contribution >= 0.6 is 0 Å². The van der Waals surface area contributed by atoms with Crippen LogP contribution in [0.1, 0.15) is 20.3 Å². The predicted octanol–water partition coefficient (Wildman–Crippen LogP) is 1.47. The van der Waals surface area contributed by atoms with Crippen LogP contribution in [0.4, 0.5) is 0 Å². The van der Waals surface area contributed by atoms with Crippen molar-refractivity contribution in [2.45, 2.75) is 26.3 Å². The Morgan fingerprint density at radius 3 is 2.24 bits per heavy atom. The van der Waals surface area contributed by atoms with E-state index >= 15 is 0 Å². The van der Waals surface area contributed by atoms with Crippen LogP contribution in [-0.4, -0.2) is 50.0 Å². The first-order chi connectivity index (χ1) is 8.10. The van der Waals surface area contributed by atoms with E-state index in [-0.39, 0.29) is 0 Å². The summed E-state index contributed by atoms with van der Waals surface area (Å²) in [4.78, 5) is 0. The summed E-state index contributed by atoms with van der Waals surface area (Å²) in [5, 5.41) is 3.19. The van der Waals surface area contributed by atoms with Gasteiger partial charge in [-0.15, -0.1) is 0 Å². The van der Waals surface area contributed by atoms with E-state index in [9.17, 15) is 0 Å². The zero-order valence-corrected chi connectivity index (χ0v) is 12.7. The molecular formula is C11H27NO4Si. The van der Waals surface area contributed by atoms with Gasteiger partial charge in [0, 0.05) is 34.0 Å². The van der Waals surface area contributed by atoms with E-state index in [0.717, 1.165) is 25.6 Å². The van der Waals surface area contributed by atoms with Gasteiger partial charge in [0.15, 0.2) is 0 Å². The second kappa shape index (κ2) is 9.99. The fraction of sp³-hybridized carbons (Fsp3) is 1.00. The Morgan fingerprint density at radius 1 is 1.12 bits per heavy atom. The molecule has 0 saturated carbocycles. The molecule has 0 aromatic heterocycles. The van der Waals surface area contributed by atoms with E-state index in [2.05, 4.69) is 19.2 Å². The fourth-order valence-electron chi connectivity index (χ4n) is 1.50. The molecule has 0 bridgehead atoms. The van der Waals surface area contributed by atoms with Gasteiger partial charge in [-0.05, 0) is 18.9 Å². The maximum absolute atomic E-state index is 5.76. The van der Waals surface area contributed by atoms with Gasteiger partial charge in [-0.3, -0.25) is 5.32 Å². The molecule has 6 heteroatoms.